The average Bonchev–Trinajstić information content (AvgIpc) is 3.14. The highest BCUT2D eigenvalue weighted by Gasteiger charge is 2.73. The summed E-state index contributed by atoms with van der Waals surface area (Å²) in [4.78, 5) is 15.1. The first-order valence-electron chi connectivity index (χ1n) is 13.7. The average molecular weight is 470 g/mol. The topological polar surface area (TPSA) is 79.2 Å². The first-order chi connectivity index (χ1) is 16.5. The van der Waals surface area contributed by atoms with Crippen molar-refractivity contribution < 1.29 is 24.5 Å². The SMILES string of the molecule is CCCCCCC(=O)Oc1ccc2c3c1O[C@H]1[C@@H](O)CC[C@@]4(O)[C@@H](C2)N(CC2CCC2)CC[C@]314. The van der Waals surface area contributed by atoms with Gasteiger partial charge in [0.15, 0.2) is 11.5 Å². The van der Waals surface area contributed by atoms with Gasteiger partial charge in [-0.3, -0.25) is 9.69 Å². The Balaban J connectivity index is 1.34. The smallest absolute Gasteiger partial charge is 0.311 e. The summed E-state index contributed by atoms with van der Waals surface area (Å²) in [5.74, 6) is 1.56. The Labute approximate surface area is 202 Å². The Bertz CT molecular complexity index is 960. The molecular weight excluding hydrogens is 430 g/mol. The van der Waals surface area contributed by atoms with Gasteiger partial charge in [-0.05, 0) is 69.0 Å². The molecular formula is C28H39NO5. The molecule has 6 heteroatoms. The normalized spacial score (nSPS) is 35.9. The van der Waals surface area contributed by atoms with E-state index in [1.54, 1.807) is 0 Å². The Hall–Kier alpha value is -1.63. The molecule has 3 aliphatic carbocycles. The van der Waals surface area contributed by atoms with Crippen LogP contribution in [0.5, 0.6) is 11.5 Å². The molecule has 2 saturated carbocycles. The molecule has 2 heterocycles. The molecule has 5 atom stereocenters. The van der Waals surface area contributed by atoms with Crippen LogP contribution < -0.4 is 9.47 Å². The van der Waals surface area contributed by atoms with Gasteiger partial charge in [-0.2, -0.15) is 0 Å². The van der Waals surface area contributed by atoms with Crippen LogP contribution in [0.15, 0.2) is 12.1 Å². The molecule has 1 aromatic carbocycles. The molecule has 186 valence electrons. The lowest BCUT2D eigenvalue weighted by atomic mass is 9.48. The van der Waals surface area contributed by atoms with Crippen LogP contribution in [0.4, 0.5) is 0 Å². The molecule has 2 N–H and O–H groups in total. The van der Waals surface area contributed by atoms with E-state index in [9.17, 15) is 15.0 Å². The van der Waals surface area contributed by atoms with Crippen molar-refractivity contribution in [3.63, 3.8) is 0 Å². The van der Waals surface area contributed by atoms with Gasteiger partial charge in [-0.25, -0.2) is 0 Å². The van der Waals surface area contributed by atoms with Crippen molar-refractivity contribution in [2.45, 2.75) is 113 Å². The van der Waals surface area contributed by atoms with Crippen molar-refractivity contribution in [2.75, 3.05) is 13.1 Å². The number of carbonyl (C=O) groups excluding carboxylic acids is 1. The van der Waals surface area contributed by atoms with Gasteiger partial charge >= 0.3 is 5.97 Å². The molecule has 1 saturated heterocycles. The number of benzene rings is 1. The molecule has 1 aromatic rings. The Morgan fingerprint density at radius 2 is 2.06 bits per heavy atom. The minimum atomic E-state index is -0.931. The molecule has 0 unspecified atom stereocenters. The zero-order valence-electron chi connectivity index (χ0n) is 20.4. The van der Waals surface area contributed by atoms with Crippen LogP contribution in [0.3, 0.4) is 0 Å². The minimum absolute atomic E-state index is 0.0471. The third-order valence-corrected chi connectivity index (χ3v) is 9.70. The third-order valence-electron chi connectivity index (χ3n) is 9.70. The van der Waals surface area contributed by atoms with Crippen LogP contribution in [0.1, 0.15) is 88.7 Å². The molecule has 6 nitrogen and oxygen atoms in total. The number of hydrogen-bond acceptors (Lipinski definition) is 6. The van der Waals surface area contributed by atoms with E-state index in [0.717, 1.165) is 63.1 Å². The second-order valence-electron chi connectivity index (χ2n) is 11.5. The van der Waals surface area contributed by atoms with Gasteiger partial charge in [0.05, 0.1) is 17.1 Å². The van der Waals surface area contributed by atoms with Crippen LogP contribution in [-0.2, 0) is 16.6 Å². The summed E-state index contributed by atoms with van der Waals surface area (Å²) in [7, 11) is 0. The predicted octanol–water partition coefficient (Wildman–Crippen LogP) is 3.88. The van der Waals surface area contributed by atoms with Crippen molar-refractivity contribution in [1.29, 1.82) is 0 Å². The summed E-state index contributed by atoms with van der Waals surface area (Å²) in [5.41, 5.74) is 0.634. The second kappa shape index (κ2) is 8.49. The highest BCUT2D eigenvalue weighted by Crippen LogP contribution is 2.65. The fraction of sp³-hybridized carbons (Fsp3) is 0.750. The Morgan fingerprint density at radius 1 is 1.21 bits per heavy atom. The highest BCUT2D eigenvalue weighted by atomic mass is 16.6. The van der Waals surface area contributed by atoms with E-state index >= 15 is 0 Å². The maximum atomic E-state index is 12.6. The molecule has 2 aliphatic heterocycles. The summed E-state index contributed by atoms with van der Waals surface area (Å²) in [6.45, 7) is 4.13. The molecule has 0 radical (unpaired) electrons. The van der Waals surface area contributed by atoms with Crippen molar-refractivity contribution in [3.8, 4) is 11.5 Å². The number of esters is 1. The number of carbonyl (C=O) groups is 1. The number of hydrogen-bond donors (Lipinski definition) is 2. The standard InChI is InChI=1S/C28H39NO5/c1-2-3-4-5-9-23(31)33-21-11-10-19-16-22-28(32)13-12-20(30)26-27(28,24(19)25(21)34-26)14-15-29(22)17-18-7-6-8-18/h10-11,18,20,22,26,30,32H,2-9,12-17H2,1H3/t20-,22+,26-,27-,28+/m0/s1. The zero-order valence-corrected chi connectivity index (χ0v) is 20.4. The van der Waals surface area contributed by atoms with E-state index in [2.05, 4.69) is 17.9 Å². The summed E-state index contributed by atoms with van der Waals surface area (Å²) >= 11 is 0. The van der Waals surface area contributed by atoms with Crippen molar-refractivity contribution in [3.05, 3.63) is 23.3 Å². The van der Waals surface area contributed by atoms with E-state index in [-0.39, 0.29) is 12.0 Å². The van der Waals surface area contributed by atoms with Gasteiger partial charge in [0, 0.05) is 24.6 Å². The van der Waals surface area contributed by atoms with Crippen LogP contribution >= 0.6 is 0 Å². The summed E-state index contributed by atoms with van der Waals surface area (Å²) in [6.07, 6.45) is 9.98. The number of piperidine rings is 1. The number of ether oxygens (including phenoxy) is 2. The van der Waals surface area contributed by atoms with E-state index in [4.69, 9.17) is 9.47 Å². The van der Waals surface area contributed by atoms with Crippen molar-refractivity contribution in [1.82, 2.24) is 4.90 Å². The number of nitrogens with zero attached hydrogens (tertiary/aromatic N) is 1. The fourth-order valence-corrected chi connectivity index (χ4v) is 7.77. The Morgan fingerprint density at radius 3 is 2.82 bits per heavy atom. The number of aliphatic hydroxyl groups is 2. The van der Waals surface area contributed by atoms with Crippen LogP contribution in [-0.4, -0.2) is 58.0 Å². The van der Waals surface area contributed by atoms with E-state index in [1.807, 2.05) is 6.07 Å². The van der Waals surface area contributed by atoms with Crippen molar-refractivity contribution >= 4 is 5.97 Å². The lowest BCUT2D eigenvalue weighted by Crippen LogP contribution is -2.77. The van der Waals surface area contributed by atoms with Gasteiger partial charge in [-0.1, -0.05) is 38.7 Å². The third kappa shape index (κ3) is 3.21. The van der Waals surface area contributed by atoms with Crippen molar-refractivity contribution in [2.24, 2.45) is 5.92 Å². The lowest BCUT2D eigenvalue weighted by molar-refractivity contribution is -0.209. The predicted molar refractivity (Wildman–Crippen MR) is 128 cm³/mol. The van der Waals surface area contributed by atoms with E-state index in [1.165, 1.54) is 24.8 Å². The Kier molecular flexibility index (Phi) is 5.70. The van der Waals surface area contributed by atoms with Gasteiger partial charge in [0.2, 0.25) is 0 Å². The molecule has 5 aliphatic rings. The van der Waals surface area contributed by atoms with Crippen LogP contribution in [0, 0.1) is 5.92 Å². The summed E-state index contributed by atoms with van der Waals surface area (Å²) in [5, 5.41) is 23.4. The lowest BCUT2D eigenvalue weighted by Gasteiger charge is -2.64. The van der Waals surface area contributed by atoms with E-state index < -0.39 is 23.2 Å². The van der Waals surface area contributed by atoms with Gasteiger partial charge in [-0.15, -0.1) is 0 Å². The van der Waals surface area contributed by atoms with Crippen LogP contribution in [0.25, 0.3) is 0 Å². The maximum absolute atomic E-state index is 12.6. The fourth-order valence-electron chi connectivity index (χ4n) is 7.77. The van der Waals surface area contributed by atoms with Gasteiger partial charge in [0.1, 0.15) is 6.10 Å². The molecule has 0 aromatic heterocycles. The van der Waals surface area contributed by atoms with E-state index in [0.29, 0.717) is 30.8 Å². The molecule has 6 rings (SSSR count). The highest BCUT2D eigenvalue weighted by molar-refractivity contribution is 5.75. The monoisotopic (exact) mass is 469 g/mol. The second-order valence-corrected chi connectivity index (χ2v) is 11.5. The molecule has 34 heavy (non-hydrogen) atoms. The largest absolute Gasteiger partial charge is 0.482 e. The van der Waals surface area contributed by atoms with Gasteiger partial charge in [0.25, 0.3) is 0 Å². The molecule has 2 bridgehead atoms. The summed E-state index contributed by atoms with van der Waals surface area (Å²) in [6, 6.07) is 3.99. The summed E-state index contributed by atoms with van der Waals surface area (Å²) < 4.78 is 12.3. The zero-order chi connectivity index (χ0) is 23.5. The minimum Gasteiger partial charge on any atom is -0.482 e. The first-order valence-corrected chi connectivity index (χ1v) is 13.7. The van der Waals surface area contributed by atoms with Gasteiger partial charge < -0.3 is 19.7 Å². The number of unbranched alkanes of at least 4 members (excludes halogenated alkanes) is 3. The van der Waals surface area contributed by atoms with Crippen LogP contribution in [0.2, 0.25) is 0 Å². The number of aliphatic hydroxyl groups excluding tert-OH is 1. The number of rotatable bonds is 8. The maximum Gasteiger partial charge on any atom is 0.311 e. The molecule has 3 fully saturated rings. The number of likely N-dealkylation sites (tertiary alicyclic amines) is 1. The molecule has 0 amide bonds. The quantitative estimate of drug-likeness (QED) is 0.342. The first kappa shape index (κ1) is 22.8. The molecule has 1 spiro atoms.